The summed E-state index contributed by atoms with van der Waals surface area (Å²) in [4.78, 5) is 13.0. The van der Waals surface area contributed by atoms with Crippen LogP contribution < -0.4 is 19.5 Å². The maximum atomic E-state index is 13.6. The fourth-order valence-corrected chi connectivity index (χ4v) is 5.01. The van der Waals surface area contributed by atoms with Crippen molar-refractivity contribution >= 4 is 21.6 Å². The van der Waals surface area contributed by atoms with E-state index in [0.29, 0.717) is 35.1 Å². The average Bonchev–Trinajstić information content (AvgIpc) is 2.85. The summed E-state index contributed by atoms with van der Waals surface area (Å²) in [7, 11) is -0.977. The van der Waals surface area contributed by atoms with E-state index >= 15 is 0 Å². The van der Waals surface area contributed by atoms with E-state index < -0.39 is 15.9 Å². The van der Waals surface area contributed by atoms with E-state index in [4.69, 9.17) is 14.2 Å². The summed E-state index contributed by atoms with van der Waals surface area (Å²) < 4.78 is 44.4. The van der Waals surface area contributed by atoms with Gasteiger partial charge in [-0.2, -0.15) is 4.31 Å². The molecule has 0 radical (unpaired) electrons. The Hall–Kier alpha value is -3.56. The molecule has 9 heteroatoms. The predicted octanol–water partition coefficient (Wildman–Crippen LogP) is 4.24. The number of hydrogen-bond donors (Lipinski definition) is 1. The molecule has 0 unspecified atom stereocenters. The maximum Gasteiger partial charge on any atom is 0.243 e. The first-order chi connectivity index (χ1) is 16.8. The van der Waals surface area contributed by atoms with E-state index in [1.54, 1.807) is 37.3 Å². The molecular weight excluding hydrogens is 468 g/mol. The van der Waals surface area contributed by atoms with Crippen LogP contribution in [-0.2, 0) is 21.4 Å². The highest BCUT2D eigenvalue weighted by molar-refractivity contribution is 7.89. The largest absolute Gasteiger partial charge is 0.494 e. The van der Waals surface area contributed by atoms with Crippen LogP contribution >= 0.6 is 0 Å². The molecule has 0 spiro atoms. The van der Waals surface area contributed by atoms with Gasteiger partial charge in [-0.05, 0) is 55.3 Å². The summed E-state index contributed by atoms with van der Waals surface area (Å²) in [6.45, 7) is 3.79. The Morgan fingerprint density at radius 3 is 2.23 bits per heavy atom. The lowest BCUT2D eigenvalue weighted by molar-refractivity contribution is -0.116. The van der Waals surface area contributed by atoms with Crippen molar-refractivity contribution in [3.63, 3.8) is 0 Å². The second-order valence-corrected chi connectivity index (χ2v) is 9.67. The van der Waals surface area contributed by atoms with Gasteiger partial charge >= 0.3 is 0 Å². The second kappa shape index (κ2) is 11.7. The number of benzene rings is 3. The van der Waals surface area contributed by atoms with E-state index in [9.17, 15) is 13.2 Å². The summed E-state index contributed by atoms with van der Waals surface area (Å²) in [5.41, 5.74) is 1.92. The molecule has 0 atom stereocenters. The third-order valence-electron chi connectivity index (χ3n) is 5.27. The zero-order chi connectivity index (χ0) is 25.4. The SMILES string of the molecule is CCOc1ccc(S(=O)(=O)N(CC(=O)Nc2ccc(OC)c(OC)c2)Cc2ccccc2)cc1C. The third kappa shape index (κ3) is 6.52. The predicted molar refractivity (Wildman–Crippen MR) is 135 cm³/mol. The lowest BCUT2D eigenvalue weighted by atomic mass is 10.2. The van der Waals surface area contributed by atoms with Gasteiger partial charge in [0.2, 0.25) is 15.9 Å². The van der Waals surface area contributed by atoms with Crippen molar-refractivity contribution in [2.75, 3.05) is 32.7 Å². The van der Waals surface area contributed by atoms with E-state index in [1.807, 2.05) is 37.3 Å². The Bertz CT molecular complexity index is 1260. The van der Waals surface area contributed by atoms with E-state index in [2.05, 4.69) is 5.32 Å². The number of ether oxygens (including phenoxy) is 3. The molecule has 0 aliphatic carbocycles. The Labute approximate surface area is 206 Å². The monoisotopic (exact) mass is 498 g/mol. The van der Waals surface area contributed by atoms with Crippen LogP contribution in [-0.4, -0.2) is 46.0 Å². The summed E-state index contributed by atoms with van der Waals surface area (Å²) in [5, 5.41) is 2.74. The Kier molecular flexibility index (Phi) is 8.73. The lowest BCUT2D eigenvalue weighted by Gasteiger charge is -2.23. The van der Waals surface area contributed by atoms with E-state index in [-0.39, 0.29) is 18.0 Å². The lowest BCUT2D eigenvalue weighted by Crippen LogP contribution is -2.37. The Morgan fingerprint density at radius 1 is 0.914 bits per heavy atom. The summed E-state index contributed by atoms with van der Waals surface area (Å²) in [5.74, 6) is 1.10. The van der Waals surface area contributed by atoms with Crippen LogP contribution in [0.15, 0.2) is 71.6 Å². The van der Waals surface area contributed by atoms with Crippen molar-refractivity contribution in [1.82, 2.24) is 4.31 Å². The van der Waals surface area contributed by atoms with Gasteiger partial charge in [0.25, 0.3) is 0 Å². The normalized spacial score (nSPS) is 11.2. The molecule has 0 aliphatic heterocycles. The number of methoxy groups -OCH3 is 2. The second-order valence-electron chi connectivity index (χ2n) is 7.74. The standard InChI is InChI=1S/C26H30N2O6S/c1-5-34-23-14-12-22(15-19(23)2)35(30,31)28(17-20-9-7-6-8-10-20)18-26(29)27-21-11-13-24(32-3)25(16-21)33-4/h6-16H,5,17-18H2,1-4H3,(H,27,29). The number of carbonyl (C=O) groups is 1. The van der Waals surface area contributed by atoms with Crippen LogP contribution in [0.5, 0.6) is 17.2 Å². The fourth-order valence-electron chi connectivity index (χ4n) is 3.54. The van der Waals surface area contributed by atoms with E-state index in [1.165, 1.54) is 20.3 Å². The number of aryl methyl sites for hydroxylation is 1. The molecule has 3 aromatic carbocycles. The van der Waals surface area contributed by atoms with Gasteiger partial charge in [0.15, 0.2) is 11.5 Å². The fraction of sp³-hybridized carbons (Fsp3) is 0.269. The minimum absolute atomic E-state index is 0.0365. The first kappa shape index (κ1) is 26.1. The number of rotatable bonds is 11. The van der Waals surface area contributed by atoms with Crippen LogP contribution in [0.4, 0.5) is 5.69 Å². The highest BCUT2D eigenvalue weighted by Gasteiger charge is 2.27. The zero-order valence-corrected chi connectivity index (χ0v) is 21.1. The zero-order valence-electron chi connectivity index (χ0n) is 20.3. The molecule has 1 amide bonds. The van der Waals surface area contributed by atoms with Crippen molar-refractivity contribution in [2.45, 2.75) is 25.3 Å². The molecule has 35 heavy (non-hydrogen) atoms. The van der Waals surface area contributed by atoms with Crippen molar-refractivity contribution in [1.29, 1.82) is 0 Å². The van der Waals surface area contributed by atoms with Crippen molar-refractivity contribution in [2.24, 2.45) is 0 Å². The first-order valence-electron chi connectivity index (χ1n) is 11.1. The van der Waals surface area contributed by atoms with Gasteiger partial charge in [0.05, 0.1) is 32.3 Å². The van der Waals surface area contributed by atoms with Gasteiger partial charge in [-0.25, -0.2) is 8.42 Å². The minimum Gasteiger partial charge on any atom is -0.494 e. The molecule has 0 fully saturated rings. The maximum absolute atomic E-state index is 13.6. The van der Waals surface area contributed by atoms with Crippen LogP contribution in [0.1, 0.15) is 18.1 Å². The molecule has 1 N–H and O–H groups in total. The number of amides is 1. The molecule has 0 bridgehead atoms. The molecule has 3 aromatic rings. The van der Waals surface area contributed by atoms with Gasteiger partial charge in [0.1, 0.15) is 5.75 Å². The quantitative estimate of drug-likeness (QED) is 0.425. The number of nitrogens with zero attached hydrogens (tertiary/aromatic N) is 1. The molecule has 0 saturated heterocycles. The Balaban J connectivity index is 1.88. The third-order valence-corrected chi connectivity index (χ3v) is 7.06. The highest BCUT2D eigenvalue weighted by Crippen LogP contribution is 2.30. The molecule has 186 valence electrons. The van der Waals surface area contributed by atoms with Gasteiger partial charge in [-0.3, -0.25) is 4.79 Å². The molecule has 0 saturated carbocycles. The average molecular weight is 499 g/mol. The van der Waals surface area contributed by atoms with Gasteiger partial charge in [-0.1, -0.05) is 30.3 Å². The van der Waals surface area contributed by atoms with Crippen molar-refractivity contribution in [3.8, 4) is 17.2 Å². The number of anilines is 1. The van der Waals surface area contributed by atoms with E-state index in [0.717, 1.165) is 9.87 Å². The summed E-state index contributed by atoms with van der Waals surface area (Å²) in [6, 6.07) is 18.8. The Morgan fingerprint density at radius 2 is 1.60 bits per heavy atom. The van der Waals surface area contributed by atoms with Crippen molar-refractivity contribution in [3.05, 3.63) is 77.9 Å². The molecule has 0 aromatic heterocycles. The number of nitrogens with one attached hydrogen (secondary N) is 1. The van der Waals surface area contributed by atoms with Crippen LogP contribution in [0.2, 0.25) is 0 Å². The number of sulfonamides is 1. The minimum atomic E-state index is -3.99. The van der Waals surface area contributed by atoms with Crippen molar-refractivity contribution < 1.29 is 27.4 Å². The van der Waals surface area contributed by atoms with Gasteiger partial charge in [0, 0.05) is 18.3 Å². The first-order valence-corrected chi connectivity index (χ1v) is 12.5. The molecule has 8 nitrogen and oxygen atoms in total. The van der Waals surface area contributed by atoms with Gasteiger partial charge < -0.3 is 19.5 Å². The van der Waals surface area contributed by atoms with Crippen LogP contribution in [0.3, 0.4) is 0 Å². The highest BCUT2D eigenvalue weighted by atomic mass is 32.2. The summed E-state index contributed by atoms with van der Waals surface area (Å²) >= 11 is 0. The number of carbonyl (C=O) groups excluding carboxylic acids is 1. The molecule has 0 aliphatic rings. The number of hydrogen-bond acceptors (Lipinski definition) is 6. The molecule has 0 heterocycles. The molecular formula is C26H30N2O6S. The summed E-state index contributed by atoms with van der Waals surface area (Å²) in [6.07, 6.45) is 0. The van der Waals surface area contributed by atoms with Crippen LogP contribution in [0.25, 0.3) is 0 Å². The van der Waals surface area contributed by atoms with Crippen LogP contribution in [0, 0.1) is 6.92 Å². The molecule has 3 rings (SSSR count). The van der Waals surface area contributed by atoms with Gasteiger partial charge in [-0.15, -0.1) is 0 Å². The smallest absolute Gasteiger partial charge is 0.243 e. The topological polar surface area (TPSA) is 94.2 Å².